The van der Waals surface area contributed by atoms with Crippen LogP contribution in [-0.4, -0.2) is 30.4 Å². The van der Waals surface area contributed by atoms with Gasteiger partial charge in [-0.1, -0.05) is 44.2 Å². The number of nitrogens with zero attached hydrogens (tertiary/aromatic N) is 1. The summed E-state index contributed by atoms with van der Waals surface area (Å²) in [6.07, 6.45) is 0.800. The molecule has 0 heterocycles. The molecular weight excluding hydrogens is 334 g/mol. The van der Waals surface area contributed by atoms with E-state index < -0.39 is 0 Å². The van der Waals surface area contributed by atoms with Crippen LogP contribution in [0.4, 0.5) is 11.4 Å². The predicted molar refractivity (Wildman–Crippen MR) is 108 cm³/mol. The first-order chi connectivity index (χ1) is 11.5. The number of carbonyl (C=O) groups excluding carboxylic acids is 1. The second kappa shape index (κ2) is 10.1. The molecule has 0 saturated carbocycles. The van der Waals surface area contributed by atoms with E-state index >= 15 is 0 Å². The van der Waals surface area contributed by atoms with Crippen molar-refractivity contribution in [2.75, 3.05) is 18.9 Å². The van der Waals surface area contributed by atoms with Gasteiger partial charge in [0.2, 0.25) is 0 Å². The zero-order valence-corrected chi connectivity index (χ0v) is 15.9. The number of carbonyl (C=O) groups is 1. The Hall–Kier alpha value is -2.04. The fraction of sp³-hybridized carbons (Fsp3) is 0.350. The normalized spacial score (nSPS) is 11.6. The van der Waals surface area contributed by atoms with Crippen molar-refractivity contribution in [2.45, 2.75) is 26.3 Å². The van der Waals surface area contributed by atoms with Crippen LogP contribution < -0.4 is 11.1 Å². The van der Waals surface area contributed by atoms with Crippen LogP contribution >= 0.6 is 12.4 Å². The van der Waals surface area contributed by atoms with Gasteiger partial charge in [-0.3, -0.25) is 4.79 Å². The number of anilines is 2. The van der Waals surface area contributed by atoms with E-state index in [-0.39, 0.29) is 24.4 Å². The van der Waals surface area contributed by atoms with Crippen molar-refractivity contribution >= 4 is 29.7 Å². The summed E-state index contributed by atoms with van der Waals surface area (Å²) < 4.78 is 0. The van der Waals surface area contributed by atoms with Gasteiger partial charge in [-0.05, 0) is 36.6 Å². The van der Waals surface area contributed by atoms with E-state index in [2.05, 4.69) is 19.2 Å². The van der Waals surface area contributed by atoms with E-state index in [1.165, 1.54) is 0 Å². The van der Waals surface area contributed by atoms with Gasteiger partial charge in [0.25, 0.3) is 5.91 Å². The molecule has 2 aromatic rings. The number of halogens is 1. The lowest BCUT2D eigenvalue weighted by molar-refractivity contribution is 0.0790. The molecule has 0 aliphatic carbocycles. The molecule has 3 N–H and O–H groups in total. The largest absolute Gasteiger partial charge is 0.355 e. The van der Waals surface area contributed by atoms with Gasteiger partial charge in [-0.2, -0.15) is 0 Å². The molecule has 0 aliphatic rings. The molecule has 2 aromatic carbocycles. The summed E-state index contributed by atoms with van der Waals surface area (Å²) in [7, 11) is 1.83. The molecule has 0 fully saturated rings. The molecule has 0 saturated heterocycles. The summed E-state index contributed by atoms with van der Waals surface area (Å²) in [5.41, 5.74) is 8.53. The van der Waals surface area contributed by atoms with Crippen molar-refractivity contribution < 1.29 is 4.79 Å². The Bertz CT molecular complexity index is 661. The summed E-state index contributed by atoms with van der Waals surface area (Å²) in [6.45, 7) is 4.86. The Balaban J connectivity index is 0.00000312. The summed E-state index contributed by atoms with van der Waals surface area (Å²) in [5, 5.41) is 3.32. The highest BCUT2D eigenvalue weighted by atomic mass is 35.5. The van der Waals surface area contributed by atoms with Gasteiger partial charge < -0.3 is 16.0 Å². The molecule has 1 unspecified atom stereocenters. The van der Waals surface area contributed by atoms with E-state index in [9.17, 15) is 4.79 Å². The first-order valence-electron chi connectivity index (χ1n) is 8.41. The second-order valence-electron chi connectivity index (χ2n) is 6.46. The van der Waals surface area contributed by atoms with Gasteiger partial charge in [0.1, 0.15) is 0 Å². The van der Waals surface area contributed by atoms with Crippen LogP contribution in [0.1, 0.15) is 30.6 Å². The van der Waals surface area contributed by atoms with E-state index in [0.717, 1.165) is 17.8 Å². The average molecular weight is 362 g/mol. The number of hydrogen-bond donors (Lipinski definition) is 2. The van der Waals surface area contributed by atoms with Gasteiger partial charge >= 0.3 is 0 Å². The minimum atomic E-state index is 0. The number of benzene rings is 2. The Morgan fingerprint density at radius 2 is 1.68 bits per heavy atom. The van der Waals surface area contributed by atoms with Crippen molar-refractivity contribution in [1.29, 1.82) is 0 Å². The van der Waals surface area contributed by atoms with Crippen LogP contribution in [0.5, 0.6) is 0 Å². The zero-order valence-electron chi connectivity index (χ0n) is 15.1. The van der Waals surface area contributed by atoms with Crippen LogP contribution in [0.15, 0.2) is 54.6 Å². The highest BCUT2D eigenvalue weighted by Crippen LogP contribution is 2.22. The number of nitrogens with one attached hydrogen (secondary N) is 1. The van der Waals surface area contributed by atoms with Crippen molar-refractivity contribution in [3.8, 4) is 0 Å². The van der Waals surface area contributed by atoms with E-state index in [4.69, 9.17) is 5.73 Å². The fourth-order valence-electron chi connectivity index (χ4n) is 2.44. The van der Waals surface area contributed by atoms with Gasteiger partial charge in [0, 0.05) is 25.3 Å². The first kappa shape index (κ1) is 21.0. The number of amides is 1. The molecule has 0 aromatic heterocycles. The molecule has 136 valence electrons. The lowest BCUT2D eigenvalue weighted by atomic mass is 10.0. The quantitative estimate of drug-likeness (QED) is 0.773. The topological polar surface area (TPSA) is 58.4 Å². The Morgan fingerprint density at radius 3 is 2.32 bits per heavy atom. The molecule has 0 aliphatic heterocycles. The van der Waals surface area contributed by atoms with Gasteiger partial charge in [0.05, 0.1) is 11.3 Å². The molecule has 1 atom stereocenters. The number of rotatable bonds is 7. The first-order valence-corrected chi connectivity index (χ1v) is 8.41. The monoisotopic (exact) mass is 361 g/mol. The van der Waals surface area contributed by atoms with E-state index in [0.29, 0.717) is 18.0 Å². The number of nitrogens with two attached hydrogens (primary N) is 1. The lowest BCUT2D eigenvalue weighted by Crippen LogP contribution is -2.34. The molecule has 0 radical (unpaired) electrons. The van der Waals surface area contributed by atoms with E-state index in [1.54, 1.807) is 4.90 Å². The smallest absolute Gasteiger partial charge is 0.255 e. The minimum absolute atomic E-state index is 0. The summed E-state index contributed by atoms with van der Waals surface area (Å²) in [5.74, 6) is 0.422. The maximum absolute atomic E-state index is 12.8. The molecule has 25 heavy (non-hydrogen) atoms. The lowest BCUT2D eigenvalue weighted by Gasteiger charge is -2.22. The highest BCUT2D eigenvalue weighted by molar-refractivity contribution is 6.00. The Morgan fingerprint density at radius 1 is 1.08 bits per heavy atom. The van der Waals surface area contributed by atoms with Crippen molar-refractivity contribution in [1.82, 2.24) is 4.90 Å². The molecule has 2 rings (SSSR count). The van der Waals surface area contributed by atoms with Crippen LogP contribution in [0, 0.1) is 5.92 Å². The zero-order chi connectivity index (χ0) is 17.5. The average Bonchev–Trinajstić information content (AvgIpc) is 2.60. The van der Waals surface area contributed by atoms with Crippen LogP contribution in [0.2, 0.25) is 0 Å². The molecule has 1 amide bonds. The number of para-hydroxylation sites is 2. The second-order valence-corrected chi connectivity index (χ2v) is 6.46. The molecule has 4 nitrogen and oxygen atoms in total. The third-order valence-electron chi connectivity index (χ3n) is 4.21. The molecular formula is C20H28ClN3O. The minimum Gasteiger partial charge on any atom is -0.355 e. The van der Waals surface area contributed by atoms with Crippen LogP contribution in [-0.2, 0) is 0 Å². The Labute approximate surface area is 156 Å². The van der Waals surface area contributed by atoms with Crippen molar-refractivity contribution in [2.24, 2.45) is 11.7 Å². The van der Waals surface area contributed by atoms with Gasteiger partial charge in [-0.25, -0.2) is 0 Å². The summed E-state index contributed by atoms with van der Waals surface area (Å²) in [4.78, 5) is 14.5. The number of hydrogen-bond acceptors (Lipinski definition) is 3. The molecule has 5 heteroatoms. The fourth-order valence-corrected chi connectivity index (χ4v) is 2.44. The maximum Gasteiger partial charge on any atom is 0.255 e. The van der Waals surface area contributed by atoms with Gasteiger partial charge in [-0.15, -0.1) is 12.4 Å². The summed E-state index contributed by atoms with van der Waals surface area (Å²) >= 11 is 0. The predicted octanol–water partition coefficient (Wildman–Crippen LogP) is 4.30. The van der Waals surface area contributed by atoms with Crippen molar-refractivity contribution in [3.63, 3.8) is 0 Å². The third kappa shape index (κ3) is 6.07. The Kier molecular flexibility index (Phi) is 8.46. The van der Waals surface area contributed by atoms with Crippen LogP contribution in [0.3, 0.4) is 0 Å². The van der Waals surface area contributed by atoms with E-state index in [1.807, 2.05) is 61.6 Å². The van der Waals surface area contributed by atoms with Gasteiger partial charge in [0.15, 0.2) is 0 Å². The maximum atomic E-state index is 12.8. The standard InChI is InChI=1S/C20H27N3O.ClH/c1-15(2)18(21)13-14-23(3)20(24)17-11-7-8-12-19(17)22-16-9-5-4-6-10-16;/h4-12,15,18,22H,13-14,21H2,1-3H3;1H. The van der Waals surface area contributed by atoms with Crippen LogP contribution in [0.25, 0.3) is 0 Å². The molecule has 0 bridgehead atoms. The highest BCUT2D eigenvalue weighted by Gasteiger charge is 2.17. The summed E-state index contributed by atoms with van der Waals surface area (Å²) in [6, 6.07) is 17.6. The third-order valence-corrected chi connectivity index (χ3v) is 4.21. The molecule has 0 spiro atoms. The SMILES string of the molecule is CC(C)C(N)CCN(C)C(=O)c1ccccc1Nc1ccccc1.Cl. The van der Waals surface area contributed by atoms with Crippen molar-refractivity contribution in [3.05, 3.63) is 60.2 Å².